The van der Waals surface area contributed by atoms with E-state index in [2.05, 4.69) is 59.9 Å². The number of ether oxygens (including phenoxy) is 1. The maximum absolute atomic E-state index is 14.5. The van der Waals surface area contributed by atoms with Gasteiger partial charge in [0, 0.05) is 11.8 Å². The van der Waals surface area contributed by atoms with Gasteiger partial charge in [-0.15, -0.1) is 0 Å². The largest absolute Gasteiger partial charge is 0.394 e. The van der Waals surface area contributed by atoms with E-state index in [1.807, 2.05) is 0 Å². The standard InChI is InChI=1S/C36H57NO7/c1-31(2)14-16-36(30(43)37-29-28(42)27(41)26(40)22(19-38)44-29)17-15-34(6)20(21(36)18-31)8-9-24-33(5)12-11-25(39)32(3,4)23(33)10-13-35(24,34)7/h8,21-24,26-29,38,40-42H,9-19H2,1-7H3,(H,37,43)/t21?,22?,23?,24?,26-,27?,28?,29+,33+,34-,35-,36+/m1/s1. The van der Waals surface area contributed by atoms with Crippen molar-refractivity contribution in [1.29, 1.82) is 0 Å². The number of fused-ring (bicyclic) bond motifs is 7. The number of allylic oxidation sites excluding steroid dienone is 2. The molecule has 6 aliphatic rings. The van der Waals surface area contributed by atoms with Gasteiger partial charge < -0.3 is 30.5 Å². The fourth-order valence-corrected chi connectivity index (χ4v) is 11.9. The highest BCUT2D eigenvalue weighted by atomic mass is 16.6. The van der Waals surface area contributed by atoms with Crippen molar-refractivity contribution in [3.63, 3.8) is 0 Å². The second-order valence-corrected chi connectivity index (χ2v) is 17.7. The van der Waals surface area contributed by atoms with E-state index in [9.17, 15) is 30.0 Å². The van der Waals surface area contributed by atoms with Crippen LogP contribution in [0.3, 0.4) is 0 Å². The summed E-state index contributed by atoms with van der Waals surface area (Å²) in [5.41, 5.74) is 0.621. The van der Waals surface area contributed by atoms with Gasteiger partial charge in [0.1, 0.15) is 30.2 Å². The van der Waals surface area contributed by atoms with Gasteiger partial charge in [0.2, 0.25) is 5.91 Å². The molecule has 0 aromatic rings. The van der Waals surface area contributed by atoms with Crippen LogP contribution in [0.25, 0.3) is 0 Å². The molecule has 0 aromatic heterocycles. The Balaban J connectivity index is 1.35. The predicted octanol–water partition coefficient (Wildman–Crippen LogP) is 4.27. The molecule has 8 nitrogen and oxygen atoms in total. The van der Waals surface area contributed by atoms with E-state index in [-0.39, 0.29) is 38.9 Å². The zero-order chi connectivity index (χ0) is 32.3. The number of ketones is 1. The fourth-order valence-electron chi connectivity index (χ4n) is 11.9. The molecular weight excluding hydrogens is 558 g/mol. The van der Waals surface area contributed by atoms with Gasteiger partial charge in [-0.3, -0.25) is 9.59 Å². The predicted molar refractivity (Wildman–Crippen MR) is 166 cm³/mol. The molecule has 44 heavy (non-hydrogen) atoms. The zero-order valence-electron chi connectivity index (χ0n) is 28.0. The molecule has 0 bridgehead atoms. The Labute approximate surface area is 263 Å². The minimum atomic E-state index is -1.53. The number of nitrogens with one attached hydrogen (secondary N) is 1. The summed E-state index contributed by atoms with van der Waals surface area (Å²) in [5.74, 6) is 1.15. The Kier molecular flexibility index (Phi) is 7.66. The van der Waals surface area contributed by atoms with Crippen LogP contribution in [0.5, 0.6) is 0 Å². The Morgan fingerprint density at radius 3 is 2.27 bits per heavy atom. The average Bonchev–Trinajstić information content (AvgIpc) is 2.95. The normalized spacial score (nSPS) is 51.2. The van der Waals surface area contributed by atoms with E-state index in [1.54, 1.807) is 0 Å². The van der Waals surface area contributed by atoms with Crippen LogP contribution in [0.15, 0.2) is 11.6 Å². The summed E-state index contributed by atoms with van der Waals surface area (Å²) in [4.78, 5) is 27.6. The summed E-state index contributed by atoms with van der Waals surface area (Å²) in [5, 5.41) is 44.1. The van der Waals surface area contributed by atoms with Crippen molar-refractivity contribution in [2.24, 2.45) is 50.2 Å². The monoisotopic (exact) mass is 615 g/mol. The van der Waals surface area contributed by atoms with E-state index < -0.39 is 42.7 Å². The van der Waals surface area contributed by atoms with Crippen molar-refractivity contribution in [2.75, 3.05) is 6.61 Å². The van der Waals surface area contributed by atoms with Crippen molar-refractivity contribution >= 4 is 11.7 Å². The molecule has 0 radical (unpaired) electrons. The molecule has 248 valence electrons. The number of amides is 1. The quantitative estimate of drug-likeness (QED) is 0.299. The smallest absolute Gasteiger partial charge is 0.228 e. The Morgan fingerprint density at radius 1 is 0.909 bits per heavy atom. The first-order valence-corrected chi connectivity index (χ1v) is 17.2. The van der Waals surface area contributed by atoms with E-state index >= 15 is 0 Å². The molecule has 0 aromatic carbocycles. The first-order valence-electron chi connectivity index (χ1n) is 17.2. The fraction of sp³-hybridized carbons (Fsp3) is 0.889. The van der Waals surface area contributed by atoms with Gasteiger partial charge in [-0.05, 0) is 97.2 Å². The minimum absolute atomic E-state index is 0.0440. The number of carbonyl (C=O) groups is 2. The van der Waals surface area contributed by atoms with E-state index in [4.69, 9.17) is 4.74 Å². The second kappa shape index (κ2) is 10.3. The first kappa shape index (κ1) is 32.6. The summed E-state index contributed by atoms with van der Waals surface area (Å²) in [6.45, 7) is 15.9. The topological polar surface area (TPSA) is 136 Å². The molecule has 6 rings (SSSR count). The summed E-state index contributed by atoms with van der Waals surface area (Å²) in [7, 11) is 0. The molecule has 1 amide bonds. The van der Waals surface area contributed by atoms with Gasteiger partial charge in [0.15, 0.2) is 6.23 Å². The molecule has 5 fully saturated rings. The summed E-state index contributed by atoms with van der Waals surface area (Å²) in [6.07, 6.45) is 4.64. The lowest BCUT2D eigenvalue weighted by Crippen LogP contribution is -2.67. The van der Waals surface area contributed by atoms with Gasteiger partial charge in [-0.1, -0.05) is 60.1 Å². The highest BCUT2D eigenvalue weighted by molar-refractivity contribution is 5.86. The van der Waals surface area contributed by atoms with Crippen molar-refractivity contribution < 1.29 is 34.8 Å². The number of hydrogen-bond donors (Lipinski definition) is 5. The Morgan fingerprint density at radius 2 is 1.59 bits per heavy atom. The summed E-state index contributed by atoms with van der Waals surface area (Å²) in [6, 6.07) is 0. The first-order chi connectivity index (χ1) is 20.4. The highest BCUT2D eigenvalue weighted by Gasteiger charge is 2.69. The lowest BCUT2D eigenvalue weighted by atomic mass is 9.33. The molecule has 1 aliphatic heterocycles. The molecule has 5 N–H and O–H groups in total. The molecule has 8 heteroatoms. The summed E-state index contributed by atoms with van der Waals surface area (Å²) >= 11 is 0. The van der Waals surface area contributed by atoms with Gasteiger partial charge in [-0.25, -0.2) is 0 Å². The third-order valence-corrected chi connectivity index (χ3v) is 15.0. The van der Waals surface area contributed by atoms with Crippen molar-refractivity contribution in [2.45, 2.75) is 143 Å². The average molecular weight is 616 g/mol. The number of hydrogen-bond acceptors (Lipinski definition) is 7. The van der Waals surface area contributed by atoms with Crippen LogP contribution < -0.4 is 5.32 Å². The number of rotatable bonds is 3. The molecule has 6 unspecified atom stereocenters. The number of aliphatic hydroxyl groups is 4. The maximum atomic E-state index is 14.5. The van der Waals surface area contributed by atoms with Crippen LogP contribution in [0, 0.1) is 50.2 Å². The van der Waals surface area contributed by atoms with E-state index in [1.165, 1.54) is 5.57 Å². The molecular formula is C36H57NO7. The van der Waals surface area contributed by atoms with Crippen LogP contribution in [0.1, 0.15) is 113 Å². The van der Waals surface area contributed by atoms with Gasteiger partial charge >= 0.3 is 0 Å². The van der Waals surface area contributed by atoms with Crippen LogP contribution in [0.4, 0.5) is 0 Å². The highest BCUT2D eigenvalue weighted by Crippen LogP contribution is 2.75. The Hall–Kier alpha value is -1.32. The zero-order valence-corrected chi connectivity index (χ0v) is 28.0. The van der Waals surface area contributed by atoms with Crippen molar-refractivity contribution in [3.05, 3.63) is 11.6 Å². The van der Waals surface area contributed by atoms with Crippen LogP contribution in [0.2, 0.25) is 0 Å². The van der Waals surface area contributed by atoms with Crippen molar-refractivity contribution in [1.82, 2.24) is 5.32 Å². The second-order valence-electron chi connectivity index (χ2n) is 17.7. The molecule has 0 spiro atoms. The van der Waals surface area contributed by atoms with Gasteiger partial charge in [0.05, 0.1) is 12.0 Å². The number of Topliss-reactive ketones (excluding diaryl/α,β-unsaturated/α-hetero) is 1. The molecule has 4 saturated carbocycles. The van der Waals surface area contributed by atoms with Gasteiger partial charge in [-0.2, -0.15) is 0 Å². The SMILES string of the molecule is CC1(C)CC[C@]2(C(=O)N[C@H]3OC(CO)[C@@H](O)C(O)C3O)CC[C@]3(C)C(=CCC4[C@@]5(C)CCC(=O)C(C)(C)C5CC[C@]43C)C2C1. The van der Waals surface area contributed by atoms with Crippen LogP contribution >= 0.6 is 0 Å². The third kappa shape index (κ3) is 4.33. The molecule has 1 heterocycles. The molecule has 12 atom stereocenters. The van der Waals surface area contributed by atoms with E-state index in [0.29, 0.717) is 24.0 Å². The van der Waals surface area contributed by atoms with E-state index in [0.717, 1.165) is 57.8 Å². The van der Waals surface area contributed by atoms with Crippen LogP contribution in [-0.2, 0) is 14.3 Å². The number of carbonyl (C=O) groups excluding carboxylic acids is 2. The number of aliphatic hydroxyl groups excluding tert-OH is 4. The minimum Gasteiger partial charge on any atom is -0.394 e. The van der Waals surface area contributed by atoms with Crippen LogP contribution in [-0.4, -0.2) is 69.4 Å². The van der Waals surface area contributed by atoms with Crippen molar-refractivity contribution in [3.8, 4) is 0 Å². The maximum Gasteiger partial charge on any atom is 0.228 e. The molecule has 1 saturated heterocycles. The molecule has 5 aliphatic carbocycles. The Bertz CT molecular complexity index is 1230. The third-order valence-electron chi connectivity index (χ3n) is 15.0. The lowest BCUT2D eigenvalue weighted by Gasteiger charge is -2.70. The summed E-state index contributed by atoms with van der Waals surface area (Å²) < 4.78 is 5.73. The van der Waals surface area contributed by atoms with Gasteiger partial charge in [0.25, 0.3) is 0 Å². The lowest BCUT2D eigenvalue weighted by molar-refractivity contribution is -0.238.